The molecule has 0 amide bonds. The van der Waals surface area contributed by atoms with E-state index in [0.717, 1.165) is 47.1 Å². The number of benzene rings is 2. The Kier molecular flexibility index (Phi) is 3.90. The first-order valence-corrected chi connectivity index (χ1v) is 8.22. The summed E-state index contributed by atoms with van der Waals surface area (Å²) in [4.78, 5) is 1.14. The average molecular weight is 288 g/mol. The van der Waals surface area contributed by atoms with Crippen LogP contribution in [0.15, 0.2) is 41.3 Å². The van der Waals surface area contributed by atoms with Crippen LogP contribution in [-0.4, -0.2) is 21.6 Å². The zero-order chi connectivity index (χ0) is 14.0. The van der Waals surface area contributed by atoms with Gasteiger partial charge in [0.15, 0.2) is 0 Å². The minimum atomic E-state index is -0.512. The Morgan fingerprint density at radius 3 is 2.40 bits per heavy atom. The van der Waals surface area contributed by atoms with Gasteiger partial charge in [-0.3, -0.25) is 0 Å². The van der Waals surface area contributed by atoms with Crippen LogP contribution >= 0.6 is 11.8 Å². The second-order valence-corrected chi connectivity index (χ2v) is 6.72. The number of fused-ring (bicyclic) bond motifs is 1. The molecule has 20 heavy (non-hydrogen) atoms. The molecule has 0 spiro atoms. The highest BCUT2D eigenvalue weighted by Crippen LogP contribution is 2.37. The fourth-order valence-electron chi connectivity index (χ4n) is 2.95. The summed E-state index contributed by atoms with van der Waals surface area (Å²) in [5.41, 5.74) is -0.512. The third kappa shape index (κ3) is 2.79. The topological polar surface area (TPSA) is 40.5 Å². The molecule has 1 aliphatic carbocycles. The van der Waals surface area contributed by atoms with Crippen LogP contribution in [-0.2, 0) is 0 Å². The Morgan fingerprint density at radius 1 is 0.950 bits per heavy atom. The first kappa shape index (κ1) is 13.8. The molecule has 0 bridgehead atoms. The van der Waals surface area contributed by atoms with Crippen LogP contribution in [0.4, 0.5) is 0 Å². The lowest BCUT2D eigenvalue weighted by Crippen LogP contribution is -2.33. The van der Waals surface area contributed by atoms with Gasteiger partial charge >= 0.3 is 0 Å². The quantitative estimate of drug-likeness (QED) is 0.826. The molecule has 0 radical (unpaired) electrons. The zero-order valence-corrected chi connectivity index (χ0v) is 12.3. The van der Waals surface area contributed by atoms with Crippen molar-refractivity contribution in [2.45, 2.75) is 42.6 Å². The van der Waals surface area contributed by atoms with Gasteiger partial charge in [-0.05, 0) is 30.4 Å². The standard InChI is InChI=1S/C17H20O2S/c18-15-8-9-16(14-7-3-2-6-13(14)15)20-12-17(19)10-4-1-5-11-17/h2-3,6-9,18-19H,1,4-5,10-12H2. The van der Waals surface area contributed by atoms with Crippen LogP contribution in [0.2, 0.25) is 0 Å². The Hall–Kier alpha value is -1.19. The molecule has 2 N–H and O–H groups in total. The summed E-state index contributed by atoms with van der Waals surface area (Å²) in [5, 5.41) is 22.4. The number of hydrogen-bond acceptors (Lipinski definition) is 3. The van der Waals surface area contributed by atoms with Gasteiger partial charge in [0.05, 0.1) is 5.60 Å². The number of phenols is 1. The maximum atomic E-state index is 10.6. The van der Waals surface area contributed by atoms with E-state index in [2.05, 4.69) is 0 Å². The number of hydrogen-bond donors (Lipinski definition) is 2. The number of rotatable bonds is 3. The Balaban J connectivity index is 1.82. The van der Waals surface area contributed by atoms with Crippen LogP contribution in [0.25, 0.3) is 10.8 Å². The van der Waals surface area contributed by atoms with E-state index < -0.39 is 5.60 Å². The molecule has 0 saturated heterocycles. The van der Waals surface area contributed by atoms with Crippen molar-refractivity contribution >= 4 is 22.5 Å². The van der Waals surface area contributed by atoms with E-state index in [9.17, 15) is 10.2 Å². The highest BCUT2D eigenvalue weighted by atomic mass is 32.2. The zero-order valence-electron chi connectivity index (χ0n) is 11.5. The number of aliphatic hydroxyl groups is 1. The maximum Gasteiger partial charge on any atom is 0.123 e. The highest BCUT2D eigenvalue weighted by molar-refractivity contribution is 7.99. The molecular formula is C17H20O2S. The summed E-state index contributed by atoms with van der Waals surface area (Å²) in [6, 6.07) is 11.6. The van der Waals surface area contributed by atoms with E-state index in [1.807, 2.05) is 30.3 Å². The summed E-state index contributed by atoms with van der Waals surface area (Å²) in [7, 11) is 0. The van der Waals surface area contributed by atoms with Gasteiger partial charge in [-0.2, -0.15) is 0 Å². The molecular weight excluding hydrogens is 268 g/mol. The number of thioether (sulfide) groups is 1. The molecule has 1 aliphatic rings. The predicted molar refractivity (Wildman–Crippen MR) is 84.4 cm³/mol. The van der Waals surface area contributed by atoms with Crippen LogP contribution in [0.5, 0.6) is 5.75 Å². The molecule has 0 unspecified atom stereocenters. The Bertz CT molecular complexity index is 603. The summed E-state index contributed by atoms with van der Waals surface area (Å²) in [5.74, 6) is 1.06. The summed E-state index contributed by atoms with van der Waals surface area (Å²) >= 11 is 1.70. The monoisotopic (exact) mass is 288 g/mol. The molecule has 3 rings (SSSR count). The molecule has 2 aromatic carbocycles. The smallest absolute Gasteiger partial charge is 0.123 e. The lowest BCUT2D eigenvalue weighted by Gasteiger charge is -2.31. The van der Waals surface area contributed by atoms with E-state index in [1.165, 1.54) is 6.42 Å². The Labute approximate surface area is 123 Å². The van der Waals surface area contributed by atoms with Crippen molar-refractivity contribution in [3.05, 3.63) is 36.4 Å². The van der Waals surface area contributed by atoms with E-state index in [0.29, 0.717) is 5.75 Å². The molecule has 106 valence electrons. The minimum Gasteiger partial charge on any atom is -0.507 e. The van der Waals surface area contributed by atoms with Crippen molar-refractivity contribution in [2.75, 3.05) is 5.75 Å². The van der Waals surface area contributed by atoms with Gasteiger partial charge in [0.2, 0.25) is 0 Å². The molecule has 0 atom stereocenters. The second-order valence-electron chi connectivity index (χ2n) is 5.70. The summed E-state index contributed by atoms with van der Waals surface area (Å²) < 4.78 is 0. The normalized spacial score (nSPS) is 18.2. The molecule has 3 heteroatoms. The van der Waals surface area contributed by atoms with Gasteiger partial charge in [0, 0.05) is 16.0 Å². The summed E-state index contributed by atoms with van der Waals surface area (Å²) in [6.45, 7) is 0. The van der Waals surface area contributed by atoms with E-state index in [4.69, 9.17) is 0 Å². The van der Waals surface area contributed by atoms with Gasteiger partial charge in [0.1, 0.15) is 5.75 Å². The van der Waals surface area contributed by atoms with E-state index in [-0.39, 0.29) is 0 Å². The van der Waals surface area contributed by atoms with E-state index in [1.54, 1.807) is 17.8 Å². The first-order valence-electron chi connectivity index (χ1n) is 7.24. The molecule has 1 fully saturated rings. The van der Waals surface area contributed by atoms with Gasteiger partial charge in [0.25, 0.3) is 0 Å². The molecule has 1 saturated carbocycles. The number of phenolic OH excluding ortho intramolecular Hbond substituents is 1. The first-order chi connectivity index (χ1) is 9.68. The van der Waals surface area contributed by atoms with Gasteiger partial charge in [-0.25, -0.2) is 0 Å². The van der Waals surface area contributed by atoms with Crippen molar-refractivity contribution < 1.29 is 10.2 Å². The van der Waals surface area contributed by atoms with E-state index >= 15 is 0 Å². The minimum absolute atomic E-state index is 0.321. The molecule has 0 heterocycles. The van der Waals surface area contributed by atoms with Crippen molar-refractivity contribution in [1.82, 2.24) is 0 Å². The van der Waals surface area contributed by atoms with Crippen LogP contribution in [0.1, 0.15) is 32.1 Å². The highest BCUT2D eigenvalue weighted by Gasteiger charge is 2.29. The van der Waals surface area contributed by atoms with Crippen LogP contribution < -0.4 is 0 Å². The molecule has 2 aromatic rings. The van der Waals surface area contributed by atoms with Gasteiger partial charge < -0.3 is 10.2 Å². The van der Waals surface area contributed by atoms with Crippen molar-refractivity contribution in [1.29, 1.82) is 0 Å². The fraction of sp³-hybridized carbons (Fsp3) is 0.412. The lowest BCUT2D eigenvalue weighted by molar-refractivity contribution is 0.0273. The van der Waals surface area contributed by atoms with Crippen LogP contribution in [0.3, 0.4) is 0 Å². The van der Waals surface area contributed by atoms with Crippen molar-refractivity contribution in [3.8, 4) is 5.75 Å². The Morgan fingerprint density at radius 2 is 1.65 bits per heavy atom. The van der Waals surface area contributed by atoms with Gasteiger partial charge in [-0.1, -0.05) is 43.5 Å². The fourth-order valence-corrected chi connectivity index (χ4v) is 4.16. The number of aromatic hydroxyl groups is 1. The SMILES string of the molecule is Oc1ccc(SCC2(O)CCCCC2)c2ccccc12. The molecule has 2 nitrogen and oxygen atoms in total. The third-order valence-electron chi connectivity index (χ3n) is 4.14. The lowest BCUT2D eigenvalue weighted by atomic mass is 9.86. The molecule has 0 aromatic heterocycles. The largest absolute Gasteiger partial charge is 0.507 e. The van der Waals surface area contributed by atoms with Crippen LogP contribution in [0, 0.1) is 0 Å². The average Bonchev–Trinajstić information content (AvgIpc) is 2.48. The molecule has 0 aliphatic heterocycles. The van der Waals surface area contributed by atoms with Gasteiger partial charge in [-0.15, -0.1) is 11.8 Å². The predicted octanol–water partition coefficient (Wildman–Crippen LogP) is 4.33. The maximum absolute atomic E-state index is 10.6. The summed E-state index contributed by atoms with van der Waals surface area (Å²) in [6.07, 6.45) is 5.34. The van der Waals surface area contributed by atoms with Crippen molar-refractivity contribution in [3.63, 3.8) is 0 Å². The van der Waals surface area contributed by atoms with Crippen molar-refractivity contribution in [2.24, 2.45) is 0 Å². The third-order valence-corrected chi connectivity index (χ3v) is 5.49. The second kappa shape index (κ2) is 5.66.